The number of hydrogen-bond acceptors (Lipinski definition) is 2. The Balaban J connectivity index is 2.13. The standard InChI is InChI=1S/C16H21ClN2/c1-3-16(4-2,12-17)19-11-13-7-8-15-14(10-13)6-5-9-18-15/h5-10,19H,3-4,11-12H2,1-2H3. The molecule has 2 nitrogen and oxygen atoms in total. The first kappa shape index (κ1) is 14.3. The third-order valence-electron chi connectivity index (χ3n) is 3.94. The van der Waals surface area contributed by atoms with Gasteiger partial charge in [0.1, 0.15) is 0 Å². The van der Waals surface area contributed by atoms with E-state index in [9.17, 15) is 0 Å². The van der Waals surface area contributed by atoms with E-state index in [1.807, 2.05) is 12.3 Å². The molecule has 0 unspecified atom stereocenters. The molecular weight excluding hydrogens is 256 g/mol. The molecule has 0 aliphatic carbocycles. The topological polar surface area (TPSA) is 24.9 Å². The third-order valence-corrected chi connectivity index (χ3v) is 4.46. The summed E-state index contributed by atoms with van der Waals surface area (Å²) in [6.07, 6.45) is 3.91. The molecule has 0 atom stereocenters. The number of nitrogens with one attached hydrogen (secondary N) is 1. The molecule has 2 rings (SSSR count). The summed E-state index contributed by atoms with van der Waals surface area (Å²) in [5.41, 5.74) is 2.36. The summed E-state index contributed by atoms with van der Waals surface area (Å²) in [6, 6.07) is 10.5. The molecule has 0 amide bonds. The Morgan fingerprint density at radius 3 is 2.68 bits per heavy atom. The van der Waals surface area contributed by atoms with E-state index < -0.39 is 0 Å². The predicted molar refractivity (Wildman–Crippen MR) is 82.6 cm³/mol. The van der Waals surface area contributed by atoms with Crippen LogP contribution in [0.1, 0.15) is 32.3 Å². The van der Waals surface area contributed by atoms with Gasteiger partial charge in [-0.1, -0.05) is 26.0 Å². The average Bonchev–Trinajstić information content (AvgIpc) is 2.49. The number of aromatic nitrogens is 1. The van der Waals surface area contributed by atoms with Crippen LogP contribution in [0, 0.1) is 0 Å². The molecule has 0 saturated carbocycles. The molecule has 19 heavy (non-hydrogen) atoms. The summed E-state index contributed by atoms with van der Waals surface area (Å²) in [7, 11) is 0. The van der Waals surface area contributed by atoms with E-state index in [2.05, 4.69) is 48.4 Å². The van der Waals surface area contributed by atoms with E-state index in [1.165, 1.54) is 10.9 Å². The van der Waals surface area contributed by atoms with Crippen molar-refractivity contribution < 1.29 is 0 Å². The minimum Gasteiger partial charge on any atom is -0.306 e. The van der Waals surface area contributed by atoms with Crippen LogP contribution < -0.4 is 5.32 Å². The number of nitrogens with zero attached hydrogens (tertiary/aromatic N) is 1. The average molecular weight is 277 g/mol. The normalized spacial score (nSPS) is 11.9. The van der Waals surface area contributed by atoms with Gasteiger partial charge in [-0.25, -0.2) is 0 Å². The van der Waals surface area contributed by atoms with Crippen LogP contribution in [0.15, 0.2) is 36.5 Å². The Morgan fingerprint density at radius 2 is 2.00 bits per heavy atom. The van der Waals surface area contributed by atoms with Gasteiger partial charge in [0.25, 0.3) is 0 Å². The Hall–Kier alpha value is -1.12. The quantitative estimate of drug-likeness (QED) is 0.803. The van der Waals surface area contributed by atoms with E-state index in [0.29, 0.717) is 5.88 Å². The highest BCUT2D eigenvalue weighted by Crippen LogP contribution is 2.19. The van der Waals surface area contributed by atoms with Crippen molar-refractivity contribution in [1.82, 2.24) is 10.3 Å². The molecule has 0 bridgehead atoms. The summed E-state index contributed by atoms with van der Waals surface area (Å²) in [4.78, 5) is 4.34. The first-order valence-corrected chi connectivity index (χ1v) is 7.41. The van der Waals surface area contributed by atoms with Crippen LogP contribution >= 0.6 is 11.6 Å². The number of alkyl halides is 1. The van der Waals surface area contributed by atoms with Crippen molar-refractivity contribution >= 4 is 22.5 Å². The minimum absolute atomic E-state index is 0.0471. The van der Waals surface area contributed by atoms with Gasteiger partial charge >= 0.3 is 0 Å². The van der Waals surface area contributed by atoms with Crippen molar-refractivity contribution in [3.63, 3.8) is 0 Å². The third kappa shape index (κ3) is 3.26. The Kier molecular flexibility index (Phi) is 4.78. The van der Waals surface area contributed by atoms with E-state index in [-0.39, 0.29) is 5.54 Å². The first-order valence-electron chi connectivity index (χ1n) is 6.87. The van der Waals surface area contributed by atoms with Crippen molar-refractivity contribution in [2.24, 2.45) is 0 Å². The van der Waals surface area contributed by atoms with Crippen LogP contribution in [0.4, 0.5) is 0 Å². The number of pyridine rings is 1. The van der Waals surface area contributed by atoms with Gasteiger partial charge in [0, 0.05) is 29.5 Å². The smallest absolute Gasteiger partial charge is 0.0702 e. The number of halogens is 1. The predicted octanol–water partition coefficient (Wildman–Crippen LogP) is 4.12. The second-order valence-electron chi connectivity index (χ2n) is 5.01. The lowest BCUT2D eigenvalue weighted by atomic mass is 9.95. The fourth-order valence-electron chi connectivity index (χ4n) is 2.26. The minimum atomic E-state index is 0.0471. The molecule has 1 aromatic carbocycles. The van der Waals surface area contributed by atoms with Gasteiger partial charge in [-0.3, -0.25) is 4.98 Å². The van der Waals surface area contributed by atoms with Gasteiger partial charge in [0.05, 0.1) is 5.52 Å². The summed E-state index contributed by atoms with van der Waals surface area (Å²) >= 11 is 6.11. The van der Waals surface area contributed by atoms with Gasteiger partial charge in [0.15, 0.2) is 0 Å². The zero-order valence-electron chi connectivity index (χ0n) is 11.6. The molecular formula is C16H21ClN2. The van der Waals surface area contributed by atoms with E-state index in [0.717, 1.165) is 24.9 Å². The van der Waals surface area contributed by atoms with E-state index in [1.54, 1.807) is 0 Å². The molecule has 1 heterocycles. The van der Waals surface area contributed by atoms with Gasteiger partial charge in [-0.15, -0.1) is 11.6 Å². The lowest BCUT2D eigenvalue weighted by Gasteiger charge is -2.31. The summed E-state index contributed by atoms with van der Waals surface area (Å²) < 4.78 is 0. The van der Waals surface area contributed by atoms with Crippen LogP contribution in [-0.2, 0) is 6.54 Å². The van der Waals surface area contributed by atoms with Crippen LogP contribution in [0.25, 0.3) is 10.9 Å². The zero-order chi connectivity index (χ0) is 13.7. The van der Waals surface area contributed by atoms with Gasteiger partial charge in [-0.05, 0) is 36.6 Å². The van der Waals surface area contributed by atoms with Crippen LogP contribution in [0.2, 0.25) is 0 Å². The van der Waals surface area contributed by atoms with E-state index >= 15 is 0 Å². The SMILES string of the molecule is CCC(CC)(CCl)NCc1ccc2ncccc2c1. The highest BCUT2D eigenvalue weighted by molar-refractivity contribution is 6.18. The zero-order valence-corrected chi connectivity index (χ0v) is 12.4. The van der Waals surface area contributed by atoms with Gasteiger partial charge in [0.2, 0.25) is 0 Å². The lowest BCUT2D eigenvalue weighted by Crippen LogP contribution is -2.45. The Labute approximate surface area is 120 Å². The molecule has 2 aromatic rings. The molecule has 0 fully saturated rings. The van der Waals surface area contributed by atoms with Gasteiger partial charge < -0.3 is 5.32 Å². The monoisotopic (exact) mass is 276 g/mol. The number of rotatable bonds is 6. The van der Waals surface area contributed by atoms with Gasteiger partial charge in [-0.2, -0.15) is 0 Å². The highest BCUT2D eigenvalue weighted by Gasteiger charge is 2.23. The van der Waals surface area contributed by atoms with Crippen LogP contribution in [0.3, 0.4) is 0 Å². The van der Waals surface area contributed by atoms with Crippen molar-refractivity contribution in [3.8, 4) is 0 Å². The Bertz CT molecular complexity index is 527. The van der Waals surface area contributed by atoms with Crippen molar-refractivity contribution in [2.75, 3.05) is 5.88 Å². The maximum atomic E-state index is 6.11. The molecule has 1 aromatic heterocycles. The second-order valence-corrected chi connectivity index (χ2v) is 5.27. The summed E-state index contributed by atoms with van der Waals surface area (Å²) in [6.45, 7) is 5.21. The molecule has 102 valence electrons. The molecule has 1 N–H and O–H groups in total. The van der Waals surface area contributed by atoms with Crippen molar-refractivity contribution in [2.45, 2.75) is 38.8 Å². The molecule has 0 spiro atoms. The van der Waals surface area contributed by atoms with Crippen molar-refractivity contribution in [3.05, 3.63) is 42.1 Å². The fraction of sp³-hybridized carbons (Fsp3) is 0.438. The number of hydrogen-bond donors (Lipinski definition) is 1. The maximum Gasteiger partial charge on any atom is 0.0702 e. The van der Waals surface area contributed by atoms with E-state index in [4.69, 9.17) is 11.6 Å². The molecule has 0 aliphatic rings. The largest absolute Gasteiger partial charge is 0.306 e. The molecule has 0 aliphatic heterocycles. The number of benzene rings is 1. The second kappa shape index (κ2) is 6.36. The van der Waals surface area contributed by atoms with Crippen LogP contribution in [0.5, 0.6) is 0 Å². The summed E-state index contributed by atoms with van der Waals surface area (Å²) in [5.74, 6) is 0.648. The number of fused-ring (bicyclic) bond motifs is 1. The Morgan fingerprint density at radius 1 is 1.21 bits per heavy atom. The maximum absolute atomic E-state index is 6.11. The molecule has 0 radical (unpaired) electrons. The molecule has 3 heteroatoms. The highest BCUT2D eigenvalue weighted by atomic mass is 35.5. The fourth-order valence-corrected chi connectivity index (χ4v) is 2.73. The molecule has 0 saturated heterocycles. The summed E-state index contributed by atoms with van der Waals surface area (Å²) in [5, 5.41) is 4.80. The first-order chi connectivity index (χ1) is 9.23. The van der Waals surface area contributed by atoms with Crippen LogP contribution in [-0.4, -0.2) is 16.4 Å². The lowest BCUT2D eigenvalue weighted by molar-refractivity contribution is 0.334. The van der Waals surface area contributed by atoms with Crippen molar-refractivity contribution in [1.29, 1.82) is 0 Å².